The topological polar surface area (TPSA) is 76.5 Å². The summed E-state index contributed by atoms with van der Waals surface area (Å²) in [4.78, 5) is 14.9. The first-order valence-electron chi connectivity index (χ1n) is 9.32. The van der Waals surface area contributed by atoms with E-state index in [1.54, 1.807) is 0 Å². The summed E-state index contributed by atoms with van der Waals surface area (Å²) in [5, 5.41) is 12.6. The molecule has 1 saturated carbocycles. The summed E-state index contributed by atoms with van der Waals surface area (Å²) in [5.41, 5.74) is 2.37. The van der Waals surface area contributed by atoms with Crippen molar-refractivity contribution in [3.8, 4) is 0 Å². The van der Waals surface area contributed by atoms with Crippen LogP contribution in [0.5, 0.6) is 0 Å². The molecule has 4 heterocycles. The summed E-state index contributed by atoms with van der Waals surface area (Å²) in [5.74, 6) is 1.83. The van der Waals surface area contributed by atoms with Crippen LogP contribution in [-0.4, -0.2) is 43.7 Å². The Balaban J connectivity index is 1.31. The molecule has 26 heavy (non-hydrogen) atoms. The molecule has 1 aliphatic heterocycles. The van der Waals surface area contributed by atoms with Gasteiger partial charge in [-0.25, -0.2) is 0 Å². The number of rotatable bonds is 4. The lowest BCUT2D eigenvalue weighted by Gasteiger charge is -2.32. The molecule has 7 nitrogen and oxygen atoms in total. The molecule has 134 valence electrons. The highest BCUT2D eigenvalue weighted by Gasteiger charge is 2.34. The van der Waals surface area contributed by atoms with Gasteiger partial charge in [-0.2, -0.15) is 0 Å². The third-order valence-corrected chi connectivity index (χ3v) is 5.45. The molecular formula is C19H21N5O2. The smallest absolute Gasteiger partial charge is 0.259 e. The van der Waals surface area contributed by atoms with Gasteiger partial charge in [0.05, 0.1) is 5.69 Å². The normalized spacial score (nSPS) is 20.6. The van der Waals surface area contributed by atoms with Gasteiger partial charge >= 0.3 is 0 Å². The van der Waals surface area contributed by atoms with Crippen molar-refractivity contribution in [3.63, 3.8) is 0 Å². The second kappa shape index (κ2) is 6.23. The average Bonchev–Trinajstić information content (AvgIpc) is 3.27. The van der Waals surface area contributed by atoms with Crippen LogP contribution >= 0.6 is 0 Å². The molecule has 5 rings (SSSR count). The largest absolute Gasteiger partial charge is 0.364 e. The van der Waals surface area contributed by atoms with E-state index in [9.17, 15) is 4.79 Å². The van der Waals surface area contributed by atoms with Crippen molar-refractivity contribution in [3.05, 3.63) is 47.7 Å². The van der Waals surface area contributed by atoms with Crippen molar-refractivity contribution in [1.82, 2.24) is 24.7 Å². The highest BCUT2D eigenvalue weighted by molar-refractivity contribution is 5.95. The lowest BCUT2D eigenvalue weighted by molar-refractivity contribution is 0.0670. The van der Waals surface area contributed by atoms with E-state index in [2.05, 4.69) is 15.4 Å². The highest BCUT2D eigenvalue weighted by atomic mass is 16.5. The van der Waals surface area contributed by atoms with Crippen LogP contribution in [0.1, 0.15) is 53.5 Å². The van der Waals surface area contributed by atoms with Gasteiger partial charge in [-0.3, -0.25) is 9.20 Å². The molecule has 2 aliphatic rings. The molecule has 0 radical (unpaired) electrons. The Morgan fingerprint density at radius 2 is 2.15 bits per heavy atom. The molecule has 3 aromatic rings. The number of amides is 1. The molecule has 3 aromatic heterocycles. The molecule has 1 aliphatic carbocycles. The Kier molecular flexibility index (Phi) is 3.72. The maximum Gasteiger partial charge on any atom is 0.259 e. The fourth-order valence-corrected chi connectivity index (χ4v) is 3.93. The van der Waals surface area contributed by atoms with Crippen LogP contribution in [0.3, 0.4) is 0 Å². The molecular weight excluding hydrogens is 330 g/mol. The maximum atomic E-state index is 13.0. The van der Waals surface area contributed by atoms with Crippen LogP contribution in [0.4, 0.5) is 0 Å². The second-order valence-electron chi connectivity index (χ2n) is 7.40. The monoisotopic (exact) mass is 351 g/mol. The van der Waals surface area contributed by atoms with Gasteiger partial charge in [0.1, 0.15) is 17.7 Å². The van der Waals surface area contributed by atoms with Crippen LogP contribution < -0.4 is 0 Å². The highest BCUT2D eigenvalue weighted by Crippen LogP contribution is 2.41. The number of piperidine rings is 1. The van der Waals surface area contributed by atoms with Crippen molar-refractivity contribution >= 4 is 11.6 Å². The fraction of sp³-hybridized carbons (Fsp3) is 0.474. The standard InChI is InChI=1S/C19H21N5O2/c25-19(15-12-26-22-18(15)14-6-7-14)23-8-3-4-13(11-23)10-17-21-20-16-5-1-2-9-24(16)17/h1-2,5,9,12-14H,3-4,6-8,10-11H2. The van der Waals surface area contributed by atoms with Gasteiger partial charge in [0.25, 0.3) is 5.91 Å². The SMILES string of the molecule is O=C(c1conc1C1CC1)N1CCCC(Cc2nnc3ccccn23)C1. The second-order valence-corrected chi connectivity index (χ2v) is 7.40. The predicted molar refractivity (Wildman–Crippen MR) is 93.8 cm³/mol. The molecule has 1 amide bonds. The van der Waals surface area contributed by atoms with Crippen LogP contribution in [0.15, 0.2) is 35.2 Å². The Bertz CT molecular complexity index is 942. The molecule has 1 saturated heterocycles. The van der Waals surface area contributed by atoms with E-state index in [1.807, 2.05) is 33.7 Å². The maximum absolute atomic E-state index is 13.0. The molecule has 1 unspecified atom stereocenters. The van der Waals surface area contributed by atoms with Crippen LogP contribution in [0.2, 0.25) is 0 Å². The number of carbonyl (C=O) groups excluding carboxylic acids is 1. The van der Waals surface area contributed by atoms with Crippen LogP contribution in [-0.2, 0) is 6.42 Å². The number of aromatic nitrogens is 4. The molecule has 0 bridgehead atoms. The van der Waals surface area contributed by atoms with Gasteiger partial charge in [-0.1, -0.05) is 11.2 Å². The summed E-state index contributed by atoms with van der Waals surface area (Å²) in [6.07, 6.45) is 8.67. The lowest BCUT2D eigenvalue weighted by Crippen LogP contribution is -2.40. The van der Waals surface area contributed by atoms with E-state index in [4.69, 9.17) is 4.52 Å². The number of pyridine rings is 1. The molecule has 7 heteroatoms. The third kappa shape index (κ3) is 2.77. The van der Waals surface area contributed by atoms with Crippen LogP contribution in [0.25, 0.3) is 5.65 Å². The van der Waals surface area contributed by atoms with E-state index in [0.717, 1.165) is 62.4 Å². The Labute approximate surface area is 151 Å². The molecule has 0 spiro atoms. The summed E-state index contributed by atoms with van der Waals surface area (Å²) in [6.45, 7) is 1.54. The van der Waals surface area contributed by atoms with E-state index < -0.39 is 0 Å². The van der Waals surface area contributed by atoms with Crippen molar-refractivity contribution in [1.29, 1.82) is 0 Å². The van der Waals surface area contributed by atoms with Crippen molar-refractivity contribution < 1.29 is 9.32 Å². The Morgan fingerprint density at radius 1 is 1.23 bits per heavy atom. The minimum absolute atomic E-state index is 0.0592. The minimum atomic E-state index is 0.0592. The first kappa shape index (κ1) is 15.5. The van der Waals surface area contributed by atoms with E-state index >= 15 is 0 Å². The van der Waals surface area contributed by atoms with Gasteiger partial charge in [0.15, 0.2) is 5.65 Å². The van der Waals surface area contributed by atoms with Crippen molar-refractivity contribution in [2.24, 2.45) is 5.92 Å². The Hall–Kier alpha value is -2.70. The fourth-order valence-electron chi connectivity index (χ4n) is 3.93. The molecule has 0 aromatic carbocycles. The zero-order chi connectivity index (χ0) is 17.5. The quantitative estimate of drug-likeness (QED) is 0.722. The predicted octanol–water partition coefficient (Wildman–Crippen LogP) is 2.69. The minimum Gasteiger partial charge on any atom is -0.364 e. The number of carbonyl (C=O) groups is 1. The Morgan fingerprint density at radius 3 is 3.04 bits per heavy atom. The van der Waals surface area contributed by atoms with Gasteiger partial charge in [0, 0.05) is 31.6 Å². The van der Waals surface area contributed by atoms with Gasteiger partial charge < -0.3 is 9.42 Å². The van der Waals surface area contributed by atoms with Gasteiger partial charge in [-0.05, 0) is 43.7 Å². The zero-order valence-electron chi connectivity index (χ0n) is 14.5. The number of nitrogens with zero attached hydrogens (tertiary/aromatic N) is 5. The van der Waals surface area contributed by atoms with E-state index in [-0.39, 0.29) is 5.91 Å². The lowest BCUT2D eigenvalue weighted by atomic mass is 9.94. The average molecular weight is 351 g/mol. The number of hydrogen-bond acceptors (Lipinski definition) is 5. The first-order valence-corrected chi connectivity index (χ1v) is 9.32. The number of likely N-dealkylation sites (tertiary alicyclic amines) is 1. The zero-order valence-corrected chi connectivity index (χ0v) is 14.5. The summed E-state index contributed by atoms with van der Waals surface area (Å²) >= 11 is 0. The van der Waals surface area contributed by atoms with Crippen LogP contribution in [0, 0.1) is 5.92 Å². The molecule has 0 N–H and O–H groups in total. The number of fused-ring (bicyclic) bond motifs is 1. The third-order valence-electron chi connectivity index (χ3n) is 5.45. The summed E-state index contributed by atoms with van der Waals surface area (Å²) in [6, 6.07) is 5.91. The first-order chi connectivity index (χ1) is 12.8. The van der Waals surface area contributed by atoms with Gasteiger partial charge in [-0.15, -0.1) is 10.2 Å². The summed E-state index contributed by atoms with van der Waals surface area (Å²) in [7, 11) is 0. The molecule has 1 atom stereocenters. The molecule has 2 fully saturated rings. The van der Waals surface area contributed by atoms with Crippen molar-refractivity contribution in [2.75, 3.05) is 13.1 Å². The van der Waals surface area contributed by atoms with E-state index in [1.165, 1.54) is 6.26 Å². The van der Waals surface area contributed by atoms with Gasteiger partial charge in [0.2, 0.25) is 0 Å². The summed E-state index contributed by atoms with van der Waals surface area (Å²) < 4.78 is 7.13. The van der Waals surface area contributed by atoms with Crippen molar-refractivity contribution in [2.45, 2.75) is 38.0 Å². The van der Waals surface area contributed by atoms with E-state index in [0.29, 0.717) is 17.4 Å². The number of hydrogen-bond donors (Lipinski definition) is 0.